The lowest BCUT2D eigenvalue weighted by Crippen LogP contribution is -2.32. The number of methoxy groups -OCH3 is 1. The fourth-order valence-electron chi connectivity index (χ4n) is 2.13. The molecule has 2 aromatic rings. The van der Waals surface area contributed by atoms with Gasteiger partial charge in [-0.05, 0) is 17.7 Å². The summed E-state index contributed by atoms with van der Waals surface area (Å²) in [5.41, 5.74) is 0.237. The van der Waals surface area contributed by atoms with Gasteiger partial charge in [0.1, 0.15) is 0 Å². The summed E-state index contributed by atoms with van der Waals surface area (Å²) in [6.45, 7) is -0.0918. The molecule has 0 heterocycles. The van der Waals surface area contributed by atoms with Crippen LogP contribution in [0.15, 0.2) is 48.5 Å². The smallest absolute Gasteiger partial charge is 0.314 e. The second-order valence-electron chi connectivity index (χ2n) is 4.80. The number of ether oxygens (including phenoxy) is 1. The van der Waals surface area contributed by atoms with Crippen LogP contribution in [0, 0.1) is 11.6 Å². The molecule has 1 N–H and O–H groups in total. The fourth-order valence-corrected chi connectivity index (χ4v) is 2.13. The van der Waals surface area contributed by atoms with Gasteiger partial charge in [0.15, 0.2) is 11.6 Å². The third kappa shape index (κ3) is 3.91. The molecule has 120 valence electrons. The maximum Gasteiger partial charge on any atom is 0.314 e. The summed E-state index contributed by atoms with van der Waals surface area (Å²) >= 11 is 0. The summed E-state index contributed by atoms with van der Waals surface area (Å²) in [6.07, 6.45) is 0. The number of halogens is 2. The molecule has 1 atom stereocenters. The summed E-state index contributed by atoms with van der Waals surface area (Å²) in [4.78, 5) is 23.9. The molecule has 0 aromatic heterocycles. The highest BCUT2D eigenvalue weighted by Gasteiger charge is 2.23. The molecule has 6 heteroatoms. The minimum atomic E-state index is -1.22. The molecule has 0 aliphatic heterocycles. The maximum absolute atomic E-state index is 13.6. The van der Waals surface area contributed by atoms with Gasteiger partial charge in [0, 0.05) is 6.54 Å². The van der Waals surface area contributed by atoms with Gasteiger partial charge in [0.05, 0.1) is 18.6 Å². The van der Waals surface area contributed by atoms with Gasteiger partial charge in [-0.1, -0.05) is 36.4 Å². The normalized spacial score (nSPS) is 11.6. The molecule has 0 saturated carbocycles. The highest BCUT2D eigenvalue weighted by atomic mass is 19.2. The quantitative estimate of drug-likeness (QED) is 0.862. The molecule has 2 rings (SSSR count). The van der Waals surface area contributed by atoms with E-state index in [4.69, 9.17) is 4.74 Å². The Hall–Kier alpha value is -2.76. The summed E-state index contributed by atoms with van der Waals surface area (Å²) < 4.78 is 31.5. The lowest BCUT2D eigenvalue weighted by molar-refractivity contribution is -0.142. The Morgan fingerprint density at radius 1 is 1.09 bits per heavy atom. The third-order valence-corrected chi connectivity index (χ3v) is 3.35. The summed E-state index contributed by atoms with van der Waals surface area (Å²) in [5, 5.41) is 2.43. The lowest BCUT2D eigenvalue weighted by atomic mass is 9.99. The number of rotatable bonds is 5. The van der Waals surface area contributed by atoms with Crippen LogP contribution in [-0.4, -0.2) is 25.5 Å². The molecule has 1 unspecified atom stereocenters. The standard InChI is InChI=1S/C17H15F2NO3/c1-23-17(22)13(11-6-3-2-4-7-11)10-20-16(21)12-8-5-9-14(18)15(12)19/h2-9,13H,10H2,1H3,(H,20,21). The van der Waals surface area contributed by atoms with Crippen molar-refractivity contribution in [3.8, 4) is 0 Å². The average Bonchev–Trinajstić information content (AvgIpc) is 2.58. The van der Waals surface area contributed by atoms with Gasteiger partial charge < -0.3 is 10.1 Å². The molecular formula is C17H15F2NO3. The van der Waals surface area contributed by atoms with Crippen molar-refractivity contribution in [3.63, 3.8) is 0 Å². The number of hydrogen-bond acceptors (Lipinski definition) is 3. The predicted octanol–water partition coefficient (Wildman–Crippen LogP) is 2.65. The molecule has 0 spiro atoms. The Balaban J connectivity index is 2.14. The number of nitrogens with one attached hydrogen (secondary N) is 1. The van der Waals surface area contributed by atoms with Crippen LogP contribution >= 0.6 is 0 Å². The number of hydrogen-bond donors (Lipinski definition) is 1. The van der Waals surface area contributed by atoms with E-state index >= 15 is 0 Å². The second kappa shape index (κ2) is 7.49. The first-order chi connectivity index (χ1) is 11.0. The first-order valence-corrected chi connectivity index (χ1v) is 6.89. The highest BCUT2D eigenvalue weighted by Crippen LogP contribution is 2.17. The van der Waals surface area contributed by atoms with Crippen LogP contribution in [0.2, 0.25) is 0 Å². The SMILES string of the molecule is COC(=O)C(CNC(=O)c1cccc(F)c1F)c1ccccc1. The lowest BCUT2D eigenvalue weighted by Gasteiger charge is -2.16. The summed E-state index contributed by atoms with van der Waals surface area (Å²) in [5.74, 6) is -4.39. The Morgan fingerprint density at radius 2 is 1.78 bits per heavy atom. The maximum atomic E-state index is 13.6. The number of carbonyl (C=O) groups is 2. The van der Waals surface area contributed by atoms with Crippen molar-refractivity contribution in [3.05, 3.63) is 71.3 Å². The van der Waals surface area contributed by atoms with Crippen LogP contribution < -0.4 is 5.32 Å². The monoisotopic (exact) mass is 319 g/mol. The van der Waals surface area contributed by atoms with Crippen LogP contribution in [0.4, 0.5) is 8.78 Å². The van der Waals surface area contributed by atoms with Gasteiger partial charge in [-0.25, -0.2) is 8.78 Å². The molecule has 23 heavy (non-hydrogen) atoms. The van der Waals surface area contributed by atoms with Gasteiger partial charge in [0.25, 0.3) is 5.91 Å². The van der Waals surface area contributed by atoms with Crippen molar-refractivity contribution in [1.29, 1.82) is 0 Å². The molecule has 4 nitrogen and oxygen atoms in total. The zero-order valence-electron chi connectivity index (χ0n) is 12.4. The van der Waals surface area contributed by atoms with E-state index in [1.54, 1.807) is 30.3 Å². The van der Waals surface area contributed by atoms with Gasteiger partial charge >= 0.3 is 5.97 Å². The van der Waals surface area contributed by atoms with E-state index in [1.165, 1.54) is 19.2 Å². The molecule has 2 aromatic carbocycles. The number of esters is 1. The number of benzene rings is 2. The van der Waals surface area contributed by atoms with Crippen molar-refractivity contribution in [2.45, 2.75) is 5.92 Å². The van der Waals surface area contributed by atoms with Crippen LogP contribution in [0.25, 0.3) is 0 Å². The molecule has 0 radical (unpaired) electrons. The van der Waals surface area contributed by atoms with E-state index in [9.17, 15) is 18.4 Å². The molecular weight excluding hydrogens is 304 g/mol. The van der Waals surface area contributed by atoms with Crippen molar-refractivity contribution in [1.82, 2.24) is 5.32 Å². The Kier molecular flexibility index (Phi) is 5.41. The van der Waals surface area contributed by atoms with Crippen molar-refractivity contribution in [2.75, 3.05) is 13.7 Å². The minimum Gasteiger partial charge on any atom is -0.468 e. The van der Waals surface area contributed by atoms with Crippen LogP contribution in [-0.2, 0) is 9.53 Å². The van der Waals surface area contributed by atoms with Crippen molar-refractivity contribution < 1.29 is 23.1 Å². The molecule has 0 saturated heterocycles. The van der Waals surface area contributed by atoms with Crippen LogP contribution in [0.3, 0.4) is 0 Å². The van der Waals surface area contributed by atoms with E-state index in [0.717, 1.165) is 6.07 Å². The minimum absolute atomic E-state index is 0.0918. The molecule has 0 bridgehead atoms. The van der Waals surface area contributed by atoms with E-state index in [-0.39, 0.29) is 6.54 Å². The molecule has 1 amide bonds. The number of amides is 1. The van der Waals surface area contributed by atoms with Crippen LogP contribution in [0.1, 0.15) is 21.8 Å². The molecule has 0 aliphatic carbocycles. The molecule has 0 fully saturated rings. The van der Waals surface area contributed by atoms with Gasteiger partial charge in [-0.2, -0.15) is 0 Å². The van der Waals surface area contributed by atoms with E-state index < -0.39 is 35.0 Å². The Labute approximate surface area is 132 Å². The topological polar surface area (TPSA) is 55.4 Å². The second-order valence-corrected chi connectivity index (χ2v) is 4.80. The van der Waals surface area contributed by atoms with Crippen molar-refractivity contribution in [2.24, 2.45) is 0 Å². The van der Waals surface area contributed by atoms with E-state index in [0.29, 0.717) is 5.56 Å². The fraction of sp³-hybridized carbons (Fsp3) is 0.176. The zero-order chi connectivity index (χ0) is 16.8. The predicted molar refractivity (Wildman–Crippen MR) is 79.9 cm³/mol. The first kappa shape index (κ1) is 16.6. The first-order valence-electron chi connectivity index (χ1n) is 6.89. The van der Waals surface area contributed by atoms with Gasteiger partial charge in [-0.3, -0.25) is 9.59 Å². The van der Waals surface area contributed by atoms with Gasteiger partial charge in [0.2, 0.25) is 0 Å². The number of carbonyl (C=O) groups excluding carboxylic acids is 2. The largest absolute Gasteiger partial charge is 0.468 e. The third-order valence-electron chi connectivity index (χ3n) is 3.35. The van der Waals surface area contributed by atoms with Gasteiger partial charge in [-0.15, -0.1) is 0 Å². The van der Waals surface area contributed by atoms with E-state index in [1.807, 2.05) is 0 Å². The van der Waals surface area contributed by atoms with Crippen LogP contribution in [0.5, 0.6) is 0 Å². The zero-order valence-corrected chi connectivity index (χ0v) is 12.4. The Bertz CT molecular complexity index is 704. The average molecular weight is 319 g/mol. The summed E-state index contributed by atoms with van der Waals surface area (Å²) in [7, 11) is 1.24. The van der Waals surface area contributed by atoms with E-state index in [2.05, 4.69) is 5.32 Å². The van der Waals surface area contributed by atoms with Crippen molar-refractivity contribution >= 4 is 11.9 Å². The Morgan fingerprint density at radius 3 is 2.43 bits per heavy atom. The highest BCUT2D eigenvalue weighted by molar-refractivity contribution is 5.94. The molecule has 0 aliphatic rings. The summed E-state index contributed by atoms with van der Waals surface area (Å²) in [6, 6.07) is 12.1.